The van der Waals surface area contributed by atoms with Crippen molar-refractivity contribution in [2.45, 2.75) is 19.9 Å². The Bertz CT molecular complexity index is 645. The van der Waals surface area contributed by atoms with Crippen LogP contribution in [0, 0.1) is 0 Å². The van der Waals surface area contributed by atoms with Gasteiger partial charge in [-0.2, -0.15) is 5.10 Å². The van der Waals surface area contributed by atoms with E-state index in [0.29, 0.717) is 17.9 Å². The molecule has 1 heterocycles. The highest BCUT2D eigenvalue weighted by Gasteiger charge is 2.19. The van der Waals surface area contributed by atoms with Crippen LogP contribution >= 0.6 is 0 Å². The average Bonchev–Trinajstić information content (AvgIpc) is 2.93. The first-order valence-corrected chi connectivity index (χ1v) is 6.86. The number of carbonyl (C=O) groups excluding carboxylic acids is 1. The molecule has 0 aliphatic rings. The van der Waals surface area contributed by atoms with Crippen molar-refractivity contribution in [2.24, 2.45) is 0 Å². The summed E-state index contributed by atoms with van der Waals surface area (Å²) in [6.45, 7) is 8.13. The number of hydrogen-bond acceptors (Lipinski definition) is 3. The maximum atomic E-state index is 12.5. The van der Waals surface area contributed by atoms with Gasteiger partial charge in [0.15, 0.2) is 5.69 Å². The zero-order valence-electron chi connectivity index (χ0n) is 12.4. The molecule has 0 saturated carbocycles. The number of nitrogens with two attached hydrogens (primary N) is 1. The number of anilines is 1. The maximum Gasteiger partial charge on any atom is 0.274 e. The van der Waals surface area contributed by atoms with Crippen LogP contribution < -0.4 is 5.73 Å². The topological polar surface area (TPSA) is 64.2 Å². The van der Waals surface area contributed by atoms with Crippen LogP contribution in [0.5, 0.6) is 0 Å². The molecule has 5 nitrogen and oxygen atoms in total. The summed E-state index contributed by atoms with van der Waals surface area (Å²) in [5, 5.41) is 4.34. The Morgan fingerprint density at radius 1 is 1.48 bits per heavy atom. The van der Waals surface area contributed by atoms with E-state index in [1.165, 1.54) is 0 Å². The van der Waals surface area contributed by atoms with Crippen molar-refractivity contribution in [1.82, 2.24) is 14.7 Å². The zero-order valence-corrected chi connectivity index (χ0v) is 12.4. The molecule has 1 aromatic carbocycles. The molecule has 0 unspecified atom stereocenters. The summed E-state index contributed by atoms with van der Waals surface area (Å²) in [4.78, 5) is 14.2. The number of amides is 1. The highest BCUT2D eigenvalue weighted by molar-refractivity contribution is 5.92. The smallest absolute Gasteiger partial charge is 0.274 e. The summed E-state index contributed by atoms with van der Waals surface area (Å²) in [5.41, 5.74) is 7.66. The van der Waals surface area contributed by atoms with Gasteiger partial charge in [-0.1, -0.05) is 12.1 Å². The molecule has 0 saturated heterocycles. The lowest BCUT2D eigenvalue weighted by atomic mass is 10.2. The number of nitrogens with zero attached hydrogens (tertiary/aromatic N) is 3. The molecule has 0 atom stereocenters. The summed E-state index contributed by atoms with van der Waals surface area (Å²) in [6.07, 6.45) is 3.47. The molecule has 110 valence electrons. The number of aromatic nitrogens is 2. The van der Waals surface area contributed by atoms with Crippen LogP contribution in [0.4, 0.5) is 5.69 Å². The first kappa shape index (κ1) is 14.8. The van der Waals surface area contributed by atoms with Gasteiger partial charge in [0.2, 0.25) is 0 Å². The van der Waals surface area contributed by atoms with E-state index in [-0.39, 0.29) is 11.9 Å². The molecule has 0 aliphatic carbocycles. The highest BCUT2D eigenvalue weighted by Crippen LogP contribution is 2.13. The van der Waals surface area contributed by atoms with Gasteiger partial charge in [-0.15, -0.1) is 6.58 Å². The molecule has 2 rings (SSSR count). The molecule has 21 heavy (non-hydrogen) atoms. The molecule has 2 aromatic rings. The number of rotatable bonds is 5. The first-order chi connectivity index (χ1) is 10.0. The second-order valence-electron chi connectivity index (χ2n) is 5.08. The zero-order chi connectivity index (χ0) is 15.4. The van der Waals surface area contributed by atoms with Gasteiger partial charge < -0.3 is 10.6 Å². The van der Waals surface area contributed by atoms with E-state index in [0.717, 1.165) is 5.69 Å². The van der Waals surface area contributed by atoms with Crippen LogP contribution in [-0.4, -0.2) is 33.2 Å². The number of carbonyl (C=O) groups is 1. The third-order valence-electron chi connectivity index (χ3n) is 3.15. The lowest BCUT2D eigenvalue weighted by Crippen LogP contribution is -2.37. The van der Waals surface area contributed by atoms with Crippen LogP contribution in [0.25, 0.3) is 5.69 Å². The van der Waals surface area contributed by atoms with E-state index in [4.69, 9.17) is 5.73 Å². The third kappa shape index (κ3) is 3.31. The number of benzene rings is 1. The second kappa shape index (κ2) is 6.26. The van der Waals surface area contributed by atoms with Gasteiger partial charge in [0, 0.05) is 24.5 Å². The Labute approximate surface area is 124 Å². The fourth-order valence-corrected chi connectivity index (χ4v) is 2.06. The summed E-state index contributed by atoms with van der Waals surface area (Å²) in [6, 6.07) is 9.17. The van der Waals surface area contributed by atoms with Crippen LogP contribution in [0.15, 0.2) is 49.2 Å². The quantitative estimate of drug-likeness (QED) is 0.677. The molecule has 0 radical (unpaired) electrons. The van der Waals surface area contributed by atoms with Crippen molar-refractivity contribution >= 4 is 11.6 Å². The Kier molecular flexibility index (Phi) is 4.42. The minimum atomic E-state index is -0.104. The second-order valence-corrected chi connectivity index (χ2v) is 5.08. The fraction of sp³-hybridized carbons (Fsp3) is 0.250. The van der Waals surface area contributed by atoms with Gasteiger partial charge in [-0.3, -0.25) is 4.79 Å². The molecule has 5 heteroatoms. The molecule has 0 aliphatic heterocycles. The van der Waals surface area contributed by atoms with Gasteiger partial charge in [0.05, 0.1) is 5.69 Å². The van der Waals surface area contributed by atoms with Gasteiger partial charge in [-0.25, -0.2) is 4.68 Å². The lowest BCUT2D eigenvalue weighted by Gasteiger charge is -2.24. The van der Waals surface area contributed by atoms with E-state index in [1.54, 1.807) is 27.9 Å². The molecule has 1 aromatic heterocycles. The summed E-state index contributed by atoms with van der Waals surface area (Å²) >= 11 is 0. The van der Waals surface area contributed by atoms with Gasteiger partial charge >= 0.3 is 0 Å². The van der Waals surface area contributed by atoms with E-state index in [1.807, 2.05) is 38.1 Å². The Morgan fingerprint density at radius 2 is 2.24 bits per heavy atom. The SMILES string of the molecule is C=CCN(C(=O)c1ccn(-c2cccc(N)c2)n1)C(C)C. The van der Waals surface area contributed by atoms with Crippen LogP contribution in [0.2, 0.25) is 0 Å². The predicted molar refractivity (Wildman–Crippen MR) is 84.3 cm³/mol. The van der Waals surface area contributed by atoms with E-state index in [9.17, 15) is 4.79 Å². The number of nitrogen functional groups attached to an aromatic ring is 1. The van der Waals surface area contributed by atoms with Gasteiger partial charge in [0.25, 0.3) is 5.91 Å². The molecule has 0 spiro atoms. The summed E-state index contributed by atoms with van der Waals surface area (Å²) < 4.78 is 1.65. The molecule has 1 amide bonds. The number of hydrogen-bond donors (Lipinski definition) is 1. The maximum absolute atomic E-state index is 12.5. The standard InChI is InChI=1S/C16H20N4O/c1-4-9-19(12(2)3)16(21)15-8-10-20(18-15)14-7-5-6-13(17)11-14/h4-8,10-12H,1,9,17H2,2-3H3. The molecule has 2 N–H and O–H groups in total. The largest absolute Gasteiger partial charge is 0.399 e. The minimum Gasteiger partial charge on any atom is -0.399 e. The summed E-state index contributed by atoms with van der Waals surface area (Å²) in [7, 11) is 0. The Morgan fingerprint density at radius 3 is 2.86 bits per heavy atom. The van der Waals surface area contributed by atoms with Crippen LogP contribution in [0.3, 0.4) is 0 Å². The monoisotopic (exact) mass is 284 g/mol. The van der Waals surface area contributed by atoms with Crippen molar-refractivity contribution in [3.8, 4) is 5.69 Å². The fourth-order valence-electron chi connectivity index (χ4n) is 2.06. The van der Waals surface area contributed by atoms with Crippen LogP contribution in [0.1, 0.15) is 24.3 Å². The van der Waals surface area contributed by atoms with E-state index in [2.05, 4.69) is 11.7 Å². The van der Waals surface area contributed by atoms with Gasteiger partial charge in [-0.05, 0) is 38.1 Å². The first-order valence-electron chi connectivity index (χ1n) is 6.86. The summed E-state index contributed by atoms with van der Waals surface area (Å²) in [5.74, 6) is -0.104. The van der Waals surface area contributed by atoms with E-state index < -0.39 is 0 Å². The minimum absolute atomic E-state index is 0.0908. The van der Waals surface area contributed by atoms with E-state index >= 15 is 0 Å². The Balaban J connectivity index is 2.26. The molecular weight excluding hydrogens is 264 g/mol. The van der Waals surface area contributed by atoms with Gasteiger partial charge in [0.1, 0.15) is 0 Å². The highest BCUT2D eigenvalue weighted by atomic mass is 16.2. The van der Waals surface area contributed by atoms with Crippen molar-refractivity contribution in [1.29, 1.82) is 0 Å². The van der Waals surface area contributed by atoms with Crippen molar-refractivity contribution in [3.05, 3.63) is 54.9 Å². The molecule has 0 bridgehead atoms. The Hall–Kier alpha value is -2.56. The van der Waals surface area contributed by atoms with Crippen LogP contribution in [-0.2, 0) is 0 Å². The normalized spacial score (nSPS) is 10.6. The average molecular weight is 284 g/mol. The third-order valence-corrected chi connectivity index (χ3v) is 3.15. The predicted octanol–water partition coefficient (Wildman–Crippen LogP) is 2.49. The van der Waals surface area contributed by atoms with Crippen molar-refractivity contribution in [2.75, 3.05) is 12.3 Å². The lowest BCUT2D eigenvalue weighted by molar-refractivity contribution is 0.0722. The molecular formula is C16H20N4O. The van der Waals surface area contributed by atoms with Crippen molar-refractivity contribution in [3.63, 3.8) is 0 Å². The molecule has 0 fully saturated rings. The van der Waals surface area contributed by atoms with Crippen molar-refractivity contribution < 1.29 is 4.79 Å².